The molecule has 0 spiro atoms. The highest BCUT2D eigenvalue weighted by Gasteiger charge is 2.37. The van der Waals surface area contributed by atoms with Crippen LogP contribution in [0.4, 0.5) is 4.79 Å². The lowest BCUT2D eigenvalue weighted by Gasteiger charge is -2.30. The Morgan fingerprint density at radius 3 is 2.41 bits per heavy atom. The molecule has 0 aliphatic carbocycles. The number of benzene rings is 2. The van der Waals surface area contributed by atoms with Crippen LogP contribution in [0.1, 0.15) is 18.5 Å². The predicted molar refractivity (Wildman–Crippen MR) is 116 cm³/mol. The summed E-state index contributed by atoms with van der Waals surface area (Å²) in [5.74, 6) is -0.505. The Labute approximate surface area is 186 Å². The second-order valence-corrected chi connectivity index (χ2v) is 8.81. The third-order valence-electron chi connectivity index (χ3n) is 4.83. The SMILES string of the molecule is CCOC(=O)C1=C(CS(=O)(=O)c2ccccc2)NC(=O)NC1c1cc(OC)ccc1OC. The smallest absolute Gasteiger partial charge is 0.338 e. The van der Waals surface area contributed by atoms with E-state index in [0.29, 0.717) is 17.1 Å². The molecule has 170 valence electrons. The average molecular weight is 461 g/mol. The van der Waals surface area contributed by atoms with Gasteiger partial charge in [0.2, 0.25) is 0 Å². The van der Waals surface area contributed by atoms with Crippen LogP contribution in [0.2, 0.25) is 0 Å². The van der Waals surface area contributed by atoms with Gasteiger partial charge in [0.05, 0.1) is 43.1 Å². The van der Waals surface area contributed by atoms with Gasteiger partial charge >= 0.3 is 12.0 Å². The summed E-state index contributed by atoms with van der Waals surface area (Å²) in [4.78, 5) is 25.5. The Bertz CT molecular complexity index is 1140. The molecule has 1 atom stereocenters. The van der Waals surface area contributed by atoms with Crippen molar-refractivity contribution < 1.29 is 32.2 Å². The van der Waals surface area contributed by atoms with Crippen LogP contribution < -0.4 is 20.1 Å². The standard InChI is InChI=1S/C22H24N2O7S/c1-4-31-21(25)19-17(13-32(27,28)15-8-6-5-7-9-15)23-22(26)24-20(19)16-12-14(29-2)10-11-18(16)30-3/h5-12,20H,4,13H2,1-3H3,(H2,23,24,26). The number of sulfone groups is 1. The van der Waals surface area contributed by atoms with E-state index in [2.05, 4.69) is 10.6 Å². The molecule has 0 saturated carbocycles. The van der Waals surface area contributed by atoms with Gasteiger partial charge in [0.25, 0.3) is 0 Å². The molecule has 2 aromatic rings. The third kappa shape index (κ3) is 4.86. The van der Waals surface area contributed by atoms with Crippen LogP contribution in [-0.4, -0.2) is 47.0 Å². The molecule has 10 heteroatoms. The summed E-state index contributed by atoms with van der Waals surface area (Å²) >= 11 is 0. The van der Waals surface area contributed by atoms with Crippen LogP contribution in [0, 0.1) is 0 Å². The number of ether oxygens (including phenoxy) is 3. The Kier molecular flexibility index (Phi) is 7.04. The number of methoxy groups -OCH3 is 2. The minimum absolute atomic E-state index is 0.0301. The highest BCUT2D eigenvalue weighted by Crippen LogP contribution is 2.36. The molecule has 0 saturated heterocycles. The van der Waals surface area contributed by atoms with E-state index in [4.69, 9.17) is 14.2 Å². The van der Waals surface area contributed by atoms with Gasteiger partial charge in [-0.25, -0.2) is 18.0 Å². The summed E-state index contributed by atoms with van der Waals surface area (Å²) in [6.07, 6.45) is 0. The quantitative estimate of drug-likeness (QED) is 0.580. The average Bonchev–Trinajstić information content (AvgIpc) is 2.78. The highest BCUT2D eigenvalue weighted by molar-refractivity contribution is 7.91. The molecule has 9 nitrogen and oxygen atoms in total. The van der Waals surface area contributed by atoms with E-state index in [1.54, 1.807) is 43.3 Å². The molecule has 0 bridgehead atoms. The topological polar surface area (TPSA) is 120 Å². The molecule has 2 aromatic carbocycles. The first-order chi connectivity index (χ1) is 15.3. The van der Waals surface area contributed by atoms with E-state index in [0.717, 1.165) is 0 Å². The van der Waals surface area contributed by atoms with Crippen LogP contribution in [0.15, 0.2) is 64.7 Å². The van der Waals surface area contributed by atoms with Gasteiger partial charge in [0, 0.05) is 11.3 Å². The molecule has 0 fully saturated rings. The Hall–Kier alpha value is -3.53. The molecule has 1 aliphatic heterocycles. The van der Waals surface area contributed by atoms with Gasteiger partial charge in [-0.15, -0.1) is 0 Å². The van der Waals surface area contributed by atoms with E-state index in [1.165, 1.54) is 26.4 Å². The zero-order valence-electron chi connectivity index (χ0n) is 17.9. The van der Waals surface area contributed by atoms with Crippen molar-refractivity contribution in [1.29, 1.82) is 0 Å². The normalized spacial score (nSPS) is 16.1. The number of hydrogen-bond acceptors (Lipinski definition) is 7. The number of rotatable bonds is 8. The van der Waals surface area contributed by atoms with Crippen LogP contribution in [-0.2, 0) is 19.4 Å². The Morgan fingerprint density at radius 1 is 1.06 bits per heavy atom. The van der Waals surface area contributed by atoms with Gasteiger partial charge < -0.3 is 24.8 Å². The molecule has 2 amide bonds. The highest BCUT2D eigenvalue weighted by atomic mass is 32.2. The van der Waals surface area contributed by atoms with Gasteiger partial charge in [-0.1, -0.05) is 18.2 Å². The number of hydrogen-bond donors (Lipinski definition) is 2. The first-order valence-corrected chi connectivity index (χ1v) is 11.4. The minimum Gasteiger partial charge on any atom is -0.497 e. The molecular formula is C22H24N2O7S. The fourth-order valence-corrected chi connectivity index (χ4v) is 4.73. The van der Waals surface area contributed by atoms with Gasteiger partial charge in [-0.2, -0.15) is 0 Å². The van der Waals surface area contributed by atoms with E-state index >= 15 is 0 Å². The van der Waals surface area contributed by atoms with Crippen molar-refractivity contribution in [3.8, 4) is 11.5 Å². The fraction of sp³-hybridized carbons (Fsp3) is 0.273. The molecule has 32 heavy (non-hydrogen) atoms. The molecule has 2 N–H and O–H groups in total. The molecule has 1 aliphatic rings. The molecule has 1 heterocycles. The number of carbonyl (C=O) groups excluding carboxylic acids is 2. The van der Waals surface area contributed by atoms with Crippen LogP contribution in [0.5, 0.6) is 11.5 Å². The van der Waals surface area contributed by atoms with Crippen molar-refractivity contribution in [3.05, 3.63) is 65.4 Å². The van der Waals surface area contributed by atoms with E-state index in [1.807, 2.05) is 0 Å². The van der Waals surface area contributed by atoms with Gasteiger partial charge in [-0.3, -0.25) is 0 Å². The number of amides is 2. The molecule has 1 unspecified atom stereocenters. The summed E-state index contributed by atoms with van der Waals surface area (Å²) in [7, 11) is -0.937. The van der Waals surface area contributed by atoms with Gasteiger partial charge in [-0.05, 0) is 37.3 Å². The zero-order valence-corrected chi connectivity index (χ0v) is 18.7. The number of nitrogens with one attached hydrogen (secondary N) is 2. The lowest BCUT2D eigenvalue weighted by atomic mass is 9.94. The van der Waals surface area contributed by atoms with Crippen molar-refractivity contribution >= 4 is 21.8 Å². The van der Waals surface area contributed by atoms with E-state index in [-0.39, 0.29) is 22.8 Å². The Morgan fingerprint density at radius 2 is 1.78 bits per heavy atom. The van der Waals surface area contributed by atoms with Crippen molar-refractivity contribution in [3.63, 3.8) is 0 Å². The van der Waals surface area contributed by atoms with Crippen LogP contribution in [0.25, 0.3) is 0 Å². The van der Waals surface area contributed by atoms with Crippen LogP contribution >= 0.6 is 0 Å². The molecule has 0 radical (unpaired) electrons. The maximum atomic E-state index is 13.0. The van der Waals surface area contributed by atoms with Crippen molar-refractivity contribution in [2.45, 2.75) is 17.9 Å². The van der Waals surface area contributed by atoms with Crippen LogP contribution in [0.3, 0.4) is 0 Å². The number of esters is 1. The molecule has 0 aromatic heterocycles. The second-order valence-electron chi connectivity index (χ2n) is 6.82. The lowest BCUT2D eigenvalue weighted by molar-refractivity contribution is -0.139. The number of urea groups is 1. The maximum absolute atomic E-state index is 13.0. The van der Waals surface area contributed by atoms with E-state index < -0.39 is 33.6 Å². The predicted octanol–water partition coefficient (Wildman–Crippen LogP) is 2.35. The molecular weight excluding hydrogens is 436 g/mol. The second kappa shape index (κ2) is 9.73. The number of carbonyl (C=O) groups is 2. The largest absolute Gasteiger partial charge is 0.497 e. The summed E-state index contributed by atoms with van der Waals surface area (Å²) in [5, 5.41) is 5.14. The summed E-state index contributed by atoms with van der Waals surface area (Å²) < 4.78 is 41.9. The first-order valence-electron chi connectivity index (χ1n) is 9.78. The fourth-order valence-electron chi connectivity index (χ4n) is 3.38. The third-order valence-corrected chi connectivity index (χ3v) is 6.49. The maximum Gasteiger partial charge on any atom is 0.338 e. The molecule has 3 rings (SSSR count). The van der Waals surface area contributed by atoms with Crippen molar-refractivity contribution in [2.75, 3.05) is 26.6 Å². The first kappa shape index (κ1) is 23.1. The monoisotopic (exact) mass is 460 g/mol. The lowest BCUT2D eigenvalue weighted by Crippen LogP contribution is -2.47. The van der Waals surface area contributed by atoms with Crippen molar-refractivity contribution in [2.24, 2.45) is 0 Å². The summed E-state index contributed by atoms with van der Waals surface area (Å²) in [6.45, 7) is 1.70. The minimum atomic E-state index is -3.86. The zero-order chi connectivity index (χ0) is 23.3. The van der Waals surface area contributed by atoms with Crippen molar-refractivity contribution in [1.82, 2.24) is 10.6 Å². The van der Waals surface area contributed by atoms with E-state index in [9.17, 15) is 18.0 Å². The summed E-state index contributed by atoms with van der Waals surface area (Å²) in [6, 6.07) is 11.0. The van der Waals surface area contributed by atoms with Gasteiger partial charge in [0.1, 0.15) is 11.5 Å². The Balaban J connectivity index is 2.17. The summed E-state index contributed by atoms with van der Waals surface area (Å²) in [5.41, 5.74) is 0.322. The van der Waals surface area contributed by atoms with Gasteiger partial charge in [0.15, 0.2) is 9.84 Å².